The molecule has 0 spiro atoms. The molecule has 2 aliphatic rings. The Kier molecular flexibility index (Phi) is 6.45. The van der Waals surface area contributed by atoms with Crippen LogP contribution in [0, 0.1) is 0 Å². The third kappa shape index (κ3) is 5.24. The predicted molar refractivity (Wildman–Crippen MR) is 84.3 cm³/mol. The maximum absolute atomic E-state index is 11.8. The van der Waals surface area contributed by atoms with Crippen LogP contribution in [0.5, 0.6) is 0 Å². The summed E-state index contributed by atoms with van der Waals surface area (Å²) in [5.74, 6) is -0.115. The lowest BCUT2D eigenvalue weighted by molar-refractivity contribution is -0.143. The molecular weight excluding hydrogens is 266 g/mol. The van der Waals surface area contributed by atoms with Gasteiger partial charge in [0, 0.05) is 18.6 Å². The van der Waals surface area contributed by atoms with Crippen LogP contribution in [0.3, 0.4) is 0 Å². The minimum atomic E-state index is -0.138. The summed E-state index contributed by atoms with van der Waals surface area (Å²) in [6.45, 7) is 6.75. The quantitative estimate of drug-likeness (QED) is 0.679. The molecule has 1 atom stereocenters. The molecule has 1 saturated carbocycles. The topological polar surface area (TPSA) is 44.8 Å². The van der Waals surface area contributed by atoms with E-state index in [1.54, 1.807) is 0 Å². The van der Waals surface area contributed by atoms with Gasteiger partial charge in [-0.05, 0) is 58.8 Å². The molecule has 0 aromatic heterocycles. The van der Waals surface area contributed by atoms with Gasteiger partial charge < -0.3 is 19.9 Å². The zero-order valence-electron chi connectivity index (χ0n) is 13.8. The van der Waals surface area contributed by atoms with E-state index in [9.17, 15) is 4.79 Å². The van der Waals surface area contributed by atoms with Gasteiger partial charge in [0.15, 0.2) is 0 Å². The molecule has 0 radical (unpaired) electrons. The first-order chi connectivity index (χ1) is 10.1. The molecule has 2 rings (SSSR count). The molecule has 5 heteroatoms. The average molecular weight is 297 g/mol. The SMILES string of the molecule is CCN1CCC(N(C)CCC(NC2CC2)C(=O)OC)CC1. The lowest BCUT2D eigenvalue weighted by atomic mass is 10.0. The standard InChI is InChI=1S/C16H31N3O2/c1-4-19-11-7-14(8-12-19)18(2)10-9-15(16(20)21-3)17-13-5-6-13/h13-15,17H,4-12H2,1-3H3. The molecule has 0 aromatic carbocycles. The van der Waals surface area contributed by atoms with Crippen molar-refractivity contribution < 1.29 is 9.53 Å². The van der Waals surface area contributed by atoms with Gasteiger partial charge in [0.05, 0.1) is 7.11 Å². The van der Waals surface area contributed by atoms with Crippen molar-refractivity contribution in [3.8, 4) is 0 Å². The molecule has 0 amide bonds. The van der Waals surface area contributed by atoms with Crippen LogP contribution in [0.25, 0.3) is 0 Å². The Morgan fingerprint density at radius 3 is 2.52 bits per heavy atom. The van der Waals surface area contributed by atoms with Gasteiger partial charge in [-0.1, -0.05) is 6.92 Å². The Hall–Kier alpha value is -0.650. The van der Waals surface area contributed by atoms with Crippen molar-refractivity contribution in [2.75, 3.05) is 40.3 Å². The first-order valence-electron chi connectivity index (χ1n) is 8.40. The Morgan fingerprint density at radius 1 is 1.33 bits per heavy atom. The number of carbonyl (C=O) groups is 1. The van der Waals surface area contributed by atoms with Gasteiger partial charge in [-0.3, -0.25) is 4.79 Å². The van der Waals surface area contributed by atoms with Crippen LogP contribution in [-0.2, 0) is 9.53 Å². The average Bonchev–Trinajstić information content (AvgIpc) is 3.34. The van der Waals surface area contributed by atoms with Crippen LogP contribution in [0.1, 0.15) is 39.0 Å². The van der Waals surface area contributed by atoms with E-state index in [1.165, 1.54) is 45.9 Å². The van der Waals surface area contributed by atoms with Gasteiger partial charge in [0.25, 0.3) is 0 Å². The van der Waals surface area contributed by atoms with E-state index >= 15 is 0 Å². The van der Waals surface area contributed by atoms with Gasteiger partial charge in [-0.25, -0.2) is 0 Å². The van der Waals surface area contributed by atoms with Gasteiger partial charge in [-0.15, -0.1) is 0 Å². The van der Waals surface area contributed by atoms with Gasteiger partial charge >= 0.3 is 5.97 Å². The molecule has 2 fully saturated rings. The molecule has 0 aromatic rings. The van der Waals surface area contributed by atoms with Crippen molar-refractivity contribution in [1.29, 1.82) is 0 Å². The maximum atomic E-state index is 11.8. The number of esters is 1. The Balaban J connectivity index is 1.73. The first kappa shape index (κ1) is 16.7. The fraction of sp³-hybridized carbons (Fsp3) is 0.938. The van der Waals surface area contributed by atoms with E-state index in [1.807, 2.05) is 0 Å². The summed E-state index contributed by atoms with van der Waals surface area (Å²) in [4.78, 5) is 16.8. The van der Waals surface area contributed by atoms with Crippen molar-refractivity contribution in [1.82, 2.24) is 15.1 Å². The number of likely N-dealkylation sites (tertiary alicyclic amines) is 1. The lowest BCUT2D eigenvalue weighted by Gasteiger charge is -2.36. The molecule has 1 unspecified atom stereocenters. The lowest BCUT2D eigenvalue weighted by Crippen LogP contribution is -2.46. The number of hydrogen-bond acceptors (Lipinski definition) is 5. The highest BCUT2D eigenvalue weighted by Crippen LogP contribution is 2.21. The highest BCUT2D eigenvalue weighted by atomic mass is 16.5. The van der Waals surface area contributed by atoms with Crippen LogP contribution in [0.15, 0.2) is 0 Å². The van der Waals surface area contributed by atoms with Crippen molar-refractivity contribution in [2.24, 2.45) is 0 Å². The smallest absolute Gasteiger partial charge is 0.322 e. The van der Waals surface area contributed by atoms with E-state index in [2.05, 4.69) is 29.1 Å². The van der Waals surface area contributed by atoms with E-state index in [0.29, 0.717) is 12.1 Å². The second kappa shape index (κ2) is 8.11. The zero-order chi connectivity index (χ0) is 15.2. The number of nitrogens with one attached hydrogen (secondary N) is 1. The molecule has 1 aliphatic carbocycles. The second-order valence-electron chi connectivity index (χ2n) is 6.45. The van der Waals surface area contributed by atoms with Gasteiger partial charge in [0.1, 0.15) is 6.04 Å². The van der Waals surface area contributed by atoms with Crippen LogP contribution < -0.4 is 5.32 Å². The van der Waals surface area contributed by atoms with E-state index in [4.69, 9.17) is 4.74 Å². The molecule has 1 aliphatic heterocycles. The Labute approximate surface area is 129 Å². The molecule has 122 valence electrons. The summed E-state index contributed by atoms with van der Waals surface area (Å²) in [5.41, 5.74) is 0. The number of methoxy groups -OCH3 is 1. The van der Waals surface area contributed by atoms with Crippen LogP contribution in [0.2, 0.25) is 0 Å². The molecule has 1 N–H and O–H groups in total. The van der Waals surface area contributed by atoms with Crippen molar-refractivity contribution in [3.63, 3.8) is 0 Å². The number of nitrogens with zero attached hydrogens (tertiary/aromatic N) is 2. The number of ether oxygens (including phenoxy) is 1. The van der Waals surface area contributed by atoms with Gasteiger partial charge in [-0.2, -0.15) is 0 Å². The molecular formula is C16H31N3O2. The van der Waals surface area contributed by atoms with E-state index < -0.39 is 0 Å². The van der Waals surface area contributed by atoms with Crippen molar-refractivity contribution in [2.45, 2.75) is 57.2 Å². The van der Waals surface area contributed by atoms with Crippen LogP contribution >= 0.6 is 0 Å². The normalized spacial score (nSPS) is 22.5. The number of rotatable bonds is 8. The highest BCUT2D eigenvalue weighted by molar-refractivity contribution is 5.75. The molecule has 5 nitrogen and oxygen atoms in total. The minimum absolute atomic E-state index is 0.115. The number of hydrogen-bond donors (Lipinski definition) is 1. The highest BCUT2D eigenvalue weighted by Gasteiger charge is 2.29. The third-order valence-corrected chi connectivity index (χ3v) is 4.90. The first-order valence-corrected chi connectivity index (χ1v) is 8.40. The summed E-state index contributed by atoms with van der Waals surface area (Å²) in [5, 5.41) is 3.41. The predicted octanol–water partition coefficient (Wildman–Crippen LogP) is 1.09. The van der Waals surface area contributed by atoms with Gasteiger partial charge in [0.2, 0.25) is 0 Å². The van der Waals surface area contributed by atoms with Crippen molar-refractivity contribution >= 4 is 5.97 Å². The zero-order valence-corrected chi connectivity index (χ0v) is 13.8. The van der Waals surface area contributed by atoms with Crippen molar-refractivity contribution in [3.05, 3.63) is 0 Å². The van der Waals surface area contributed by atoms with Crippen LogP contribution in [-0.4, -0.2) is 74.2 Å². The fourth-order valence-electron chi connectivity index (χ4n) is 3.14. The minimum Gasteiger partial charge on any atom is -0.468 e. The fourth-order valence-corrected chi connectivity index (χ4v) is 3.14. The number of piperidine rings is 1. The summed E-state index contributed by atoms with van der Waals surface area (Å²) in [6, 6.07) is 1.06. The molecule has 21 heavy (non-hydrogen) atoms. The Morgan fingerprint density at radius 2 is 2.00 bits per heavy atom. The summed E-state index contributed by atoms with van der Waals surface area (Å²) in [6.07, 6.45) is 5.71. The summed E-state index contributed by atoms with van der Waals surface area (Å²) >= 11 is 0. The largest absolute Gasteiger partial charge is 0.468 e. The monoisotopic (exact) mass is 297 g/mol. The number of carbonyl (C=O) groups excluding carboxylic acids is 1. The Bertz CT molecular complexity index is 325. The van der Waals surface area contributed by atoms with E-state index in [-0.39, 0.29) is 12.0 Å². The summed E-state index contributed by atoms with van der Waals surface area (Å²) < 4.78 is 4.92. The molecule has 1 heterocycles. The van der Waals surface area contributed by atoms with Crippen LogP contribution in [0.4, 0.5) is 0 Å². The summed E-state index contributed by atoms with van der Waals surface area (Å²) in [7, 11) is 3.67. The molecule has 0 bridgehead atoms. The maximum Gasteiger partial charge on any atom is 0.322 e. The second-order valence-corrected chi connectivity index (χ2v) is 6.45. The molecule has 1 saturated heterocycles. The third-order valence-electron chi connectivity index (χ3n) is 4.90. The van der Waals surface area contributed by atoms with E-state index in [0.717, 1.165) is 19.5 Å².